The molecule has 2 aromatic carbocycles. The molecule has 1 atom stereocenters. The minimum atomic E-state index is -4.75. The van der Waals surface area contributed by atoms with Crippen LogP contribution in [0.4, 0.5) is 17.6 Å². The molecule has 0 aromatic heterocycles. The molecule has 0 aliphatic carbocycles. The summed E-state index contributed by atoms with van der Waals surface area (Å²) in [7, 11) is 0. The van der Waals surface area contributed by atoms with E-state index in [2.05, 4.69) is 10.1 Å². The first kappa shape index (κ1) is 19.2. The van der Waals surface area contributed by atoms with Gasteiger partial charge in [-0.25, -0.2) is 4.39 Å². The number of hydrogen-bond donors (Lipinski definition) is 1. The molecule has 3 rings (SSSR count). The number of carbonyl (C=O) groups excluding carboxylic acids is 1. The number of hydrogen-bond acceptors (Lipinski definition) is 3. The van der Waals surface area contributed by atoms with Crippen molar-refractivity contribution >= 4 is 5.91 Å². The molecule has 1 heterocycles. The van der Waals surface area contributed by atoms with E-state index in [-0.39, 0.29) is 29.9 Å². The van der Waals surface area contributed by atoms with Crippen molar-refractivity contribution in [2.75, 3.05) is 19.6 Å². The van der Waals surface area contributed by atoms with Crippen LogP contribution in [0.25, 0.3) is 0 Å². The summed E-state index contributed by atoms with van der Waals surface area (Å²) in [5.74, 6) is -0.875. The molecule has 8 heteroatoms. The minimum Gasteiger partial charge on any atom is -0.406 e. The molecule has 0 saturated carbocycles. The number of alkyl halides is 3. The van der Waals surface area contributed by atoms with Gasteiger partial charge in [0, 0.05) is 19.6 Å². The normalized spacial score (nSPS) is 17.6. The van der Waals surface area contributed by atoms with Gasteiger partial charge in [0.05, 0.1) is 12.5 Å². The highest BCUT2D eigenvalue weighted by atomic mass is 19.4. The third-order valence-corrected chi connectivity index (χ3v) is 4.31. The van der Waals surface area contributed by atoms with Crippen molar-refractivity contribution in [3.05, 3.63) is 65.5 Å². The minimum absolute atomic E-state index is 0.0398. The molecule has 1 N–H and O–H groups in total. The van der Waals surface area contributed by atoms with E-state index in [1.54, 1.807) is 17.0 Å². The van der Waals surface area contributed by atoms with Crippen molar-refractivity contribution in [3.8, 4) is 5.75 Å². The van der Waals surface area contributed by atoms with Crippen LogP contribution < -0.4 is 10.1 Å². The van der Waals surface area contributed by atoms with Crippen molar-refractivity contribution in [2.45, 2.75) is 18.8 Å². The van der Waals surface area contributed by atoms with E-state index >= 15 is 0 Å². The lowest BCUT2D eigenvalue weighted by molar-refractivity contribution is -0.274. The number of nitrogens with one attached hydrogen (secondary N) is 1. The standard InChI is InChI=1S/C19H18F4N2O2/c20-15-3-1-2-14(11-15)17-12-24-8-9-25(17)18(26)10-13-4-6-16(7-5-13)27-19(21,22)23/h1-7,11,17,24H,8-10,12H2. The van der Waals surface area contributed by atoms with Crippen LogP contribution in [0.3, 0.4) is 0 Å². The number of piperazine rings is 1. The lowest BCUT2D eigenvalue weighted by atomic mass is 10.0. The molecule has 0 spiro atoms. The predicted octanol–water partition coefficient (Wildman–Crippen LogP) is 3.44. The number of nitrogens with zero attached hydrogens (tertiary/aromatic N) is 1. The zero-order valence-corrected chi connectivity index (χ0v) is 14.3. The first-order valence-corrected chi connectivity index (χ1v) is 8.42. The molecule has 1 fully saturated rings. The first-order valence-electron chi connectivity index (χ1n) is 8.42. The summed E-state index contributed by atoms with van der Waals surface area (Å²) >= 11 is 0. The molecule has 1 unspecified atom stereocenters. The fraction of sp³-hybridized carbons (Fsp3) is 0.316. The second-order valence-electron chi connectivity index (χ2n) is 6.23. The molecule has 1 aliphatic heterocycles. The lowest BCUT2D eigenvalue weighted by Gasteiger charge is -2.36. The van der Waals surface area contributed by atoms with Gasteiger partial charge in [0.15, 0.2) is 0 Å². The Morgan fingerprint density at radius 3 is 2.59 bits per heavy atom. The third kappa shape index (κ3) is 5.19. The maximum absolute atomic E-state index is 13.5. The predicted molar refractivity (Wildman–Crippen MR) is 90.6 cm³/mol. The topological polar surface area (TPSA) is 41.6 Å². The van der Waals surface area contributed by atoms with Gasteiger partial charge in [-0.15, -0.1) is 13.2 Å². The summed E-state index contributed by atoms with van der Waals surface area (Å²) in [6, 6.07) is 11.0. The molecule has 0 radical (unpaired) electrons. The first-order chi connectivity index (χ1) is 12.8. The highest BCUT2D eigenvalue weighted by Gasteiger charge is 2.31. The highest BCUT2D eigenvalue weighted by molar-refractivity contribution is 5.79. The monoisotopic (exact) mass is 382 g/mol. The largest absolute Gasteiger partial charge is 0.573 e. The van der Waals surface area contributed by atoms with Gasteiger partial charge < -0.3 is 15.0 Å². The van der Waals surface area contributed by atoms with Crippen LogP contribution in [-0.4, -0.2) is 36.8 Å². The number of rotatable bonds is 4. The van der Waals surface area contributed by atoms with Crippen LogP contribution in [0, 0.1) is 5.82 Å². The second kappa shape index (κ2) is 7.96. The summed E-state index contributed by atoms with van der Waals surface area (Å²) in [4.78, 5) is 14.4. The maximum atomic E-state index is 13.5. The van der Waals surface area contributed by atoms with Crippen LogP contribution in [0.15, 0.2) is 48.5 Å². The smallest absolute Gasteiger partial charge is 0.406 e. The Labute approximate surface area is 153 Å². The van der Waals surface area contributed by atoms with Gasteiger partial charge in [-0.1, -0.05) is 24.3 Å². The Kier molecular flexibility index (Phi) is 5.65. The van der Waals surface area contributed by atoms with Crippen LogP contribution >= 0.6 is 0 Å². The molecule has 27 heavy (non-hydrogen) atoms. The van der Waals surface area contributed by atoms with Crippen LogP contribution in [0.5, 0.6) is 5.75 Å². The average molecular weight is 382 g/mol. The van der Waals surface area contributed by atoms with E-state index in [1.807, 2.05) is 0 Å². The lowest BCUT2D eigenvalue weighted by Crippen LogP contribution is -2.49. The van der Waals surface area contributed by atoms with Crippen LogP contribution in [0.1, 0.15) is 17.2 Å². The second-order valence-corrected chi connectivity index (χ2v) is 6.23. The molecule has 0 bridgehead atoms. The molecule has 144 valence electrons. The Hall–Kier alpha value is -2.61. The Morgan fingerprint density at radius 1 is 1.19 bits per heavy atom. The molecule has 2 aromatic rings. The maximum Gasteiger partial charge on any atom is 0.573 e. The molecule has 1 saturated heterocycles. The highest BCUT2D eigenvalue weighted by Crippen LogP contribution is 2.25. The van der Waals surface area contributed by atoms with Crippen LogP contribution in [-0.2, 0) is 11.2 Å². The van der Waals surface area contributed by atoms with Gasteiger partial charge in [-0.05, 0) is 35.4 Å². The van der Waals surface area contributed by atoms with E-state index in [1.165, 1.54) is 36.4 Å². The van der Waals surface area contributed by atoms with Gasteiger partial charge in [0.2, 0.25) is 5.91 Å². The number of amides is 1. The van der Waals surface area contributed by atoms with E-state index in [9.17, 15) is 22.4 Å². The summed E-state index contributed by atoms with van der Waals surface area (Å²) < 4.78 is 54.0. The zero-order chi connectivity index (χ0) is 19.4. The fourth-order valence-corrected chi connectivity index (χ4v) is 3.10. The van der Waals surface area contributed by atoms with E-state index in [0.29, 0.717) is 30.8 Å². The van der Waals surface area contributed by atoms with Gasteiger partial charge in [0.25, 0.3) is 0 Å². The van der Waals surface area contributed by atoms with Gasteiger partial charge >= 0.3 is 6.36 Å². The third-order valence-electron chi connectivity index (χ3n) is 4.31. The number of halogens is 4. The number of ether oxygens (including phenoxy) is 1. The van der Waals surface area contributed by atoms with Gasteiger partial charge in [0.1, 0.15) is 11.6 Å². The van der Waals surface area contributed by atoms with Crippen molar-refractivity contribution in [1.29, 1.82) is 0 Å². The molecule has 1 aliphatic rings. The summed E-state index contributed by atoms with van der Waals surface area (Å²) in [5, 5.41) is 3.19. The summed E-state index contributed by atoms with van der Waals surface area (Å²) in [6.45, 7) is 1.60. The van der Waals surface area contributed by atoms with Crippen molar-refractivity contribution in [2.24, 2.45) is 0 Å². The van der Waals surface area contributed by atoms with Crippen molar-refractivity contribution in [3.63, 3.8) is 0 Å². The summed E-state index contributed by atoms with van der Waals surface area (Å²) in [6.07, 6.45) is -4.71. The quantitative estimate of drug-likeness (QED) is 0.824. The Morgan fingerprint density at radius 2 is 1.93 bits per heavy atom. The molecule has 4 nitrogen and oxygen atoms in total. The van der Waals surface area contributed by atoms with Crippen molar-refractivity contribution < 1.29 is 27.1 Å². The van der Waals surface area contributed by atoms with E-state index in [0.717, 1.165) is 0 Å². The van der Waals surface area contributed by atoms with Gasteiger partial charge in [-0.2, -0.15) is 0 Å². The SMILES string of the molecule is O=C(Cc1ccc(OC(F)(F)F)cc1)N1CCNCC1c1cccc(F)c1. The molecular formula is C19H18F4N2O2. The van der Waals surface area contributed by atoms with Crippen molar-refractivity contribution in [1.82, 2.24) is 10.2 Å². The molecular weight excluding hydrogens is 364 g/mol. The van der Waals surface area contributed by atoms with Crippen LogP contribution in [0.2, 0.25) is 0 Å². The van der Waals surface area contributed by atoms with Gasteiger partial charge in [-0.3, -0.25) is 4.79 Å². The number of benzene rings is 2. The zero-order valence-electron chi connectivity index (χ0n) is 14.3. The molecule has 1 amide bonds. The number of carbonyl (C=O) groups is 1. The average Bonchev–Trinajstić information content (AvgIpc) is 2.62. The fourth-order valence-electron chi connectivity index (χ4n) is 3.10. The van der Waals surface area contributed by atoms with E-state index < -0.39 is 6.36 Å². The van der Waals surface area contributed by atoms with E-state index in [4.69, 9.17) is 0 Å². The Balaban J connectivity index is 1.70. The summed E-state index contributed by atoms with van der Waals surface area (Å²) in [5.41, 5.74) is 1.27. The Bertz CT molecular complexity index is 793.